The lowest BCUT2D eigenvalue weighted by Gasteiger charge is -2.09. The van der Waals surface area contributed by atoms with Crippen LogP contribution in [0.3, 0.4) is 0 Å². The first-order valence-electron chi connectivity index (χ1n) is 9.88. The molecular weight excluding hydrogens is 382 g/mol. The monoisotopic (exact) mass is 407 g/mol. The van der Waals surface area contributed by atoms with Crippen molar-refractivity contribution >= 4 is 11.8 Å². The van der Waals surface area contributed by atoms with Crippen molar-refractivity contribution in [1.82, 2.24) is 25.4 Å². The van der Waals surface area contributed by atoms with E-state index in [1.807, 2.05) is 18.2 Å². The smallest absolute Gasteiger partial charge is 0.251 e. The van der Waals surface area contributed by atoms with E-state index in [4.69, 9.17) is 4.74 Å². The SMILES string of the molecule is CCCCOc1ccc(C(=O)NCC(=O)NCc2ccc(-n3cccn3)nc2)cc1. The lowest BCUT2D eigenvalue weighted by atomic mass is 10.2. The maximum absolute atomic E-state index is 12.2. The van der Waals surface area contributed by atoms with Gasteiger partial charge in [0, 0.05) is 30.7 Å². The molecule has 0 radical (unpaired) electrons. The third-order valence-corrected chi connectivity index (χ3v) is 4.33. The first-order valence-corrected chi connectivity index (χ1v) is 9.88. The molecule has 0 atom stereocenters. The zero-order valence-corrected chi connectivity index (χ0v) is 16.9. The van der Waals surface area contributed by atoms with Gasteiger partial charge in [-0.05, 0) is 48.4 Å². The number of ether oxygens (including phenoxy) is 1. The van der Waals surface area contributed by atoms with Crippen LogP contribution in [0.1, 0.15) is 35.7 Å². The van der Waals surface area contributed by atoms with Crippen LogP contribution in [0.5, 0.6) is 5.75 Å². The summed E-state index contributed by atoms with van der Waals surface area (Å²) in [5.41, 5.74) is 1.33. The summed E-state index contributed by atoms with van der Waals surface area (Å²) in [4.78, 5) is 28.5. The third kappa shape index (κ3) is 6.16. The number of pyridine rings is 1. The maximum Gasteiger partial charge on any atom is 0.251 e. The Labute approximate surface area is 175 Å². The molecule has 2 aromatic heterocycles. The fourth-order valence-corrected chi connectivity index (χ4v) is 2.62. The van der Waals surface area contributed by atoms with E-state index in [9.17, 15) is 9.59 Å². The first kappa shape index (κ1) is 21.0. The number of benzene rings is 1. The number of hydrogen-bond donors (Lipinski definition) is 2. The molecule has 0 aliphatic heterocycles. The number of rotatable bonds is 10. The molecule has 0 unspecified atom stereocenters. The van der Waals surface area contributed by atoms with E-state index in [-0.39, 0.29) is 18.4 Å². The number of unbranched alkanes of at least 4 members (excludes halogenated alkanes) is 1. The number of hydrogen-bond acceptors (Lipinski definition) is 5. The highest BCUT2D eigenvalue weighted by molar-refractivity contribution is 5.96. The molecule has 0 saturated heterocycles. The van der Waals surface area contributed by atoms with Gasteiger partial charge in [-0.1, -0.05) is 19.4 Å². The lowest BCUT2D eigenvalue weighted by molar-refractivity contribution is -0.120. The molecule has 0 saturated carbocycles. The van der Waals surface area contributed by atoms with Gasteiger partial charge in [-0.15, -0.1) is 0 Å². The van der Waals surface area contributed by atoms with Crippen LogP contribution in [-0.4, -0.2) is 39.7 Å². The summed E-state index contributed by atoms with van der Waals surface area (Å²) in [6.07, 6.45) is 7.22. The number of carbonyl (C=O) groups is 2. The van der Waals surface area contributed by atoms with Crippen LogP contribution < -0.4 is 15.4 Å². The van der Waals surface area contributed by atoms with Crippen molar-refractivity contribution < 1.29 is 14.3 Å². The van der Waals surface area contributed by atoms with Crippen molar-refractivity contribution in [3.05, 3.63) is 72.2 Å². The summed E-state index contributed by atoms with van der Waals surface area (Å²) in [5.74, 6) is 0.837. The Morgan fingerprint density at radius 2 is 1.93 bits per heavy atom. The molecular formula is C22H25N5O3. The second-order valence-corrected chi connectivity index (χ2v) is 6.66. The minimum absolute atomic E-state index is 0.105. The summed E-state index contributed by atoms with van der Waals surface area (Å²) in [6.45, 7) is 2.98. The Balaban J connectivity index is 1.40. The molecule has 156 valence electrons. The number of aromatic nitrogens is 3. The van der Waals surface area contributed by atoms with Gasteiger partial charge in [0.1, 0.15) is 5.75 Å². The number of amides is 2. The fraction of sp³-hybridized carbons (Fsp3) is 0.273. The molecule has 3 rings (SSSR count). The van der Waals surface area contributed by atoms with Crippen molar-refractivity contribution in [3.8, 4) is 11.6 Å². The van der Waals surface area contributed by atoms with Crippen molar-refractivity contribution in [3.63, 3.8) is 0 Å². The van der Waals surface area contributed by atoms with Crippen LogP contribution >= 0.6 is 0 Å². The van der Waals surface area contributed by atoms with Gasteiger partial charge in [-0.3, -0.25) is 9.59 Å². The Morgan fingerprint density at radius 1 is 1.10 bits per heavy atom. The van der Waals surface area contributed by atoms with E-state index < -0.39 is 0 Å². The minimum Gasteiger partial charge on any atom is -0.494 e. The largest absolute Gasteiger partial charge is 0.494 e. The molecule has 1 aromatic carbocycles. The predicted molar refractivity (Wildman–Crippen MR) is 112 cm³/mol. The number of carbonyl (C=O) groups excluding carboxylic acids is 2. The van der Waals surface area contributed by atoms with Crippen molar-refractivity contribution in [2.24, 2.45) is 0 Å². The van der Waals surface area contributed by atoms with Gasteiger partial charge in [0.05, 0.1) is 13.2 Å². The number of nitrogens with one attached hydrogen (secondary N) is 2. The summed E-state index contributed by atoms with van der Waals surface area (Å²) in [6, 6.07) is 12.4. The molecule has 0 aliphatic carbocycles. The van der Waals surface area contributed by atoms with E-state index in [2.05, 4.69) is 27.6 Å². The Kier molecular flexibility index (Phi) is 7.54. The molecule has 2 amide bonds. The van der Waals surface area contributed by atoms with Crippen LogP contribution in [0, 0.1) is 0 Å². The van der Waals surface area contributed by atoms with E-state index in [1.165, 1.54) is 0 Å². The fourth-order valence-electron chi connectivity index (χ4n) is 2.62. The van der Waals surface area contributed by atoms with Gasteiger partial charge < -0.3 is 15.4 Å². The molecule has 0 aliphatic rings. The van der Waals surface area contributed by atoms with Crippen LogP contribution in [0.25, 0.3) is 5.82 Å². The van der Waals surface area contributed by atoms with E-state index >= 15 is 0 Å². The molecule has 30 heavy (non-hydrogen) atoms. The highest BCUT2D eigenvalue weighted by atomic mass is 16.5. The highest BCUT2D eigenvalue weighted by Gasteiger charge is 2.08. The second kappa shape index (κ2) is 10.8. The normalized spacial score (nSPS) is 10.4. The maximum atomic E-state index is 12.2. The molecule has 2 heterocycles. The topological polar surface area (TPSA) is 98.1 Å². The standard InChI is InChI=1S/C22H25N5O3/c1-2-3-13-30-19-8-6-18(7-9-19)22(29)25-16-21(28)24-15-17-5-10-20(23-14-17)27-12-4-11-26-27/h4-12,14H,2-3,13,15-16H2,1H3,(H,24,28)(H,25,29). The molecule has 3 aromatic rings. The van der Waals surface area contributed by atoms with Gasteiger partial charge in [-0.25, -0.2) is 9.67 Å². The highest BCUT2D eigenvalue weighted by Crippen LogP contribution is 2.12. The molecule has 8 heteroatoms. The van der Waals surface area contributed by atoms with Gasteiger partial charge >= 0.3 is 0 Å². The van der Waals surface area contributed by atoms with E-state index in [0.29, 0.717) is 24.5 Å². The predicted octanol–water partition coefficient (Wildman–Crippen LogP) is 2.49. The Bertz CT molecular complexity index is 938. The van der Waals surface area contributed by atoms with Crippen LogP contribution in [-0.2, 0) is 11.3 Å². The molecule has 0 fully saturated rings. The summed E-state index contributed by atoms with van der Waals surface area (Å²) in [7, 11) is 0. The van der Waals surface area contributed by atoms with Crippen LogP contribution in [0.15, 0.2) is 61.1 Å². The quantitative estimate of drug-likeness (QED) is 0.503. The van der Waals surface area contributed by atoms with E-state index in [1.54, 1.807) is 47.5 Å². The Hall–Kier alpha value is -3.68. The Morgan fingerprint density at radius 3 is 2.60 bits per heavy atom. The average molecular weight is 407 g/mol. The zero-order valence-electron chi connectivity index (χ0n) is 16.9. The van der Waals surface area contributed by atoms with Crippen molar-refractivity contribution in [2.45, 2.75) is 26.3 Å². The second-order valence-electron chi connectivity index (χ2n) is 6.66. The third-order valence-electron chi connectivity index (χ3n) is 4.33. The van der Waals surface area contributed by atoms with Crippen molar-refractivity contribution in [2.75, 3.05) is 13.2 Å². The zero-order chi connectivity index (χ0) is 21.2. The molecule has 2 N–H and O–H groups in total. The van der Waals surface area contributed by atoms with Crippen LogP contribution in [0.2, 0.25) is 0 Å². The minimum atomic E-state index is -0.310. The first-order chi connectivity index (χ1) is 14.7. The van der Waals surface area contributed by atoms with E-state index in [0.717, 1.165) is 24.2 Å². The summed E-state index contributed by atoms with van der Waals surface area (Å²) in [5, 5.41) is 9.49. The van der Waals surface area contributed by atoms with Crippen LogP contribution in [0.4, 0.5) is 0 Å². The van der Waals surface area contributed by atoms with Gasteiger partial charge in [0.2, 0.25) is 5.91 Å². The van der Waals surface area contributed by atoms with Gasteiger partial charge in [0.15, 0.2) is 5.82 Å². The lowest BCUT2D eigenvalue weighted by Crippen LogP contribution is -2.36. The summed E-state index contributed by atoms with van der Waals surface area (Å²) < 4.78 is 7.23. The molecule has 0 bridgehead atoms. The summed E-state index contributed by atoms with van der Waals surface area (Å²) >= 11 is 0. The average Bonchev–Trinajstić information content (AvgIpc) is 3.32. The van der Waals surface area contributed by atoms with Gasteiger partial charge in [0.25, 0.3) is 5.91 Å². The number of nitrogens with zero attached hydrogens (tertiary/aromatic N) is 3. The molecule has 0 spiro atoms. The van der Waals surface area contributed by atoms with Gasteiger partial charge in [-0.2, -0.15) is 5.10 Å². The van der Waals surface area contributed by atoms with Crippen molar-refractivity contribution in [1.29, 1.82) is 0 Å². The molecule has 8 nitrogen and oxygen atoms in total.